The summed E-state index contributed by atoms with van der Waals surface area (Å²) in [6.45, 7) is 2.09. The summed E-state index contributed by atoms with van der Waals surface area (Å²) in [6.07, 6.45) is 1.85. The van der Waals surface area contributed by atoms with Gasteiger partial charge in [-0.1, -0.05) is 36.0 Å². The molecule has 0 aliphatic heterocycles. The largest absolute Gasteiger partial charge is 0.363 e. The van der Waals surface area contributed by atoms with Gasteiger partial charge in [-0.15, -0.1) is 10.2 Å². The van der Waals surface area contributed by atoms with E-state index in [1.54, 1.807) is 11.8 Å². The van der Waals surface area contributed by atoms with Crippen molar-refractivity contribution >= 4 is 17.6 Å². The van der Waals surface area contributed by atoms with E-state index in [1.807, 2.05) is 50.4 Å². The summed E-state index contributed by atoms with van der Waals surface area (Å²) in [4.78, 5) is 6.36. The second kappa shape index (κ2) is 7.05. The van der Waals surface area contributed by atoms with Gasteiger partial charge in [0, 0.05) is 38.7 Å². The van der Waals surface area contributed by atoms with Gasteiger partial charge in [0.2, 0.25) is 0 Å². The molecule has 5 nitrogen and oxygen atoms in total. The molecule has 0 amide bonds. The summed E-state index contributed by atoms with van der Waals surface area (Å²) in [5.41, 5.74) is 3.55. The molecule has 24 heavy (non-hydrogen) atoms. The van der Waals surface area contributed by atoms with E-state index in [9.17, 15) is 0 Å². The van der Waals surface area contributed by atoms with Crippen LogP contribution in [0.1, 0.15) is 11.1 Å². The predicted octanol–water partition coefficient (Wildman–Crippen LogP) is 3.54. The van der Waals surface area contributed by atoms with Gasteiger partial charge in [0.05, 0.1) is 0 Å². The number of thioether (sulfide) groups is 1. The van der Waals surface area contributed by atoms with Crippen LogP contribution >= 0.6 is 11.8 Å². The number of pyridine rings is 1. The fraction of sp³-hybridized carbons (Fsp3) is 0.278. The van der Waals surface area contributed by atoms with Gasteiger partial charge in [0.1, 0.15) is 5.82 Å². The lowest BCUT2D eigenvalue weighted by Crippen LogP contribution is -2.10. The number of nitrogens with zero attached hydrogens (tertiary/aromatic N) is 5. The van der Waals surface area contributed by atoms with Crippen molar-refractivity contribution in [2.75, 3.05) is 19.0 Å². The van der Waals surface area contributed by atoms with Crippen molar-refractivity contribution in [1.29, 1.82) is 0 Å². The maximum absolute atomic E-state index is 4.38. The van der Waals surface area contributed by atoms with Crippen molar-refractivity contribution in [3.8, 4) is 11.4 Å². The van der Waals surface area contributed by atoms with E-state index in [-0.39, 0.29) is 0 Å². The van der Waals surface area contributed by atoms with Crippen molar-refractivity contribution < 1.29 is 0 Å². The molecule has 6 heteroatoms. The highest BCUT2D eigenvalue weighted by molar-refractivity contribution is 7.98. The van der Waals surface area contributed by atoms with Crippen LogP contribution in [0.25, 0.3) is 11.4 Å². The Balaban J connectivity index is 1.78. The number of anilines is 1. The van der Waals surface area contributed by atoms with Crippen molar-refractivity contribution in [2.24, 2.45) is 7.05 Å². The normalized spacial score (nSPS) is 10.8. The topological polar surface area (TPSA) is 46.8 Å². The third-order valence-electron chi connectivity index (χ3n) is 3.86. The van der Waals surface area contributed by atoms with Crippen LogP contribution in [0.4, 0.5) is 5.82 Å². The van der Waals surface area contributed by atoms with Gasteiger partial charge < -0.3 is 9.47 Å². The number of aromatic nitrogens is 4. The average Bonchev–Trinajstić information content (AvgIpc) is 2.94. The minimum Gasteiger partial charge on any atom is -0.363 e. The van der Waals surface area contributed by atoms with E-state index in [1.165, 1.54) is 11.1 Å². The Morgan fingerprint density at radius 3 is 2.67 bits per heavy atom. The molecule has 2 heterocycles. The molecular formula is C18H21N5S. The fourth-order valence-corrected chi connectivity index (χ4v) is 3.30. The molecule has 0 atom stereocenters. The Labute approximate surface area is 146 Å². The Kier molecular flexibility index (Phi) is 4.85. The summed E-state index contributed by atoms with van der Waals surface area (Å²) in [5.74, 6) is 2.70. The molecule has 0 fully saturated rings. The number of hydrogen-bond donors (Lipinski definition) is 0. The summed E-state index contributed by atoms with van der Waals surface area (Å²) in [6, 6.07) is 12.4. The quantitative estimate of drug-likeness (QED) is 0.665. The minimum absolute atomic E-state index is 0.836. The Morgan fingerprint density at radius 2 is 1.92 bits per heavy atom. The summed E-state index contributed by atoms with van der Waals surface area (Å²) >= 11 is 1.68. The standard InChI is InChI=1S/C18H21N5S/c1-13-7-5-6-8-15(13)17-20-21-18(23(17)4)24-12-14-9-10-19-16(11-14)22(2)3/h5-11H,12H2,1-4H3. The molecule has 0 aliphatic carbocycles. The molecule has 2 aromatic heterocycles. The Bertz CT molecular complexity index is 841. The molecule has 3 rings (SSSR count). The molecule has 0 bridgehead atoms. The molecular weight excluding hydrogens is 318 g/mol. The van der Waals surface area contributed by atoms with E-state index in [0.29, 0.717) is 0 Å². The van der Waals surface area contributed by atoms with Gasteiger partial charge in [0.15, 0.2) is 11.0 Å². The predicted molar refractivity (Wildman–Crippen MR) is 99.3 cm³/mol. The molecule has 0 unspecified atom stereocenters. The van der Waals surface area contributed by atoms with Crippen LogP contribution in [-0.2, 0) is 12.8 Å². The Hall–Kier alpha value is -2.34. The van der Waals surface area contributed by atoms with Crippen LogP contribution in [0.5, 0.6) is 0 Å². The lowest BCUT2D eigenvalue weighted by Gasteiger charge is -2.12. The van der Waals surface area contributed by atoms with Crippen LogP contribution < -0.4 is 4.90 Å². The highest BCUT2D eigenvalue weighted by Gasteiger charge is 2.13. The lowest BCUT2D eigenvalue weighted by molar-refractivity contribution is 0.793. The molecule has 0 radical (unpaired) electrons. The first-order valence-corrected chi connectivity index (χ1v) is 8.75. The van der Waals surface area contributed by atoms with Crippen molar-refractivity contribution in [3.63, 3.8) is 0 Å². The van der Waals surface area contributed by atoms with Gasteiger partial charge >= 0.3 is 0 Å². The number of rotatable bonds is 5. The van der Waals surface area contributed by atoms with Crippen molar-refractivity contribution in [2.45, 2.75) is 17.8 Å². The first-order chi connectivity index (χ1) is 11.6. The van der Waals surface area contributed by atoms with Crippen molar-refractivity contribution in [1.82, 2.24) is 19.7 Å². The summed E-state index contributed by atoms with van der Waals surface area (Å²) in [5, 5.41) is 9.65. The van der Waals surface area contributed by atoms with Crippen LogP contribution in [0.15, 0.2) is 47.8 Å². The summed E-state index contributed by atoms with van der Waals surface area (Å²) < 4.78 is 2.06. The fourth-order valence-electron chi connectivity index (χ4n) is 2.44. The molecule has 0 saturated heterocycles. The van der Waals surface area contributed by atoms with Gasteiger partial charge in [0.25, 0.3) is 0 Å². The van der Waals surface area contributed by atoms with Gasteiger partial charge in [-0.05, 0) is 30.2 Å². The van der Waals surface area contributed by atoms with Crippen LogP contribution in [0, 0.1) is 6.92 Å². The van der Waals surface area contributed by atoms with Crippen molar-refractivity contribution in [3.05, 3.63) is 53.7 Å². The molecule has 0 spiro atoms. The van der Waals surface area contributed by atoms with Gasteiger partial charge in [-0.3, -0.25) is 0 Å². The highest BCUT2D eigenvalue weighted by atomic mass is 32.2. The number of hydrogen-bond acceptors (Lipinski definition) is 5. The average molecular weight is 339 g/mol. The zero-order valence-corrected chi connectivity index (χ0v) is 15.2. The minimum atomic E-state index is 0.836. The molecule has 1 aromatic carbocycles. The zero-order chi connectivity index (χ0) is 17.1. The van der Waals surface area contributed by atoms with E-state index in [4.69, 9.17) is 0 Å². The zero-order valence-electron chi connectivity index (χ0n) is 14.4. The first kappa shape index (κ1) is 16.5. The monoisotopic (exact) mass is 339 g/mol. The van der Waals surface area contributed by atoms with E-state index in [0.717, 1.165) is 28.1 Å². The number of aryl methyl sites for hydroxylation is 1. The smallest absolute Gasteiger partial charge is 0.191 e. The van der Waals surface area contributed by atoms with Crippen LogP contribution in [-0.4, -0.2) is 33.8 Å². The van der Waals surface area contributed by atoms with E-state index >= 15 is 0 Å². The molecule has 124 valence electrons. The molecule has 3 aromatic rings. The van der Waals surface area contributed by atoms with Crippen LogP contribution in [0.2, 0.25) is 0 Å². The first-order valence-electron chi connectivity index (χ1n) is 7.76. The molecule has 0 N–H and O–H groups in total. The SMILES string of the molecule is Cc1ccccc1-c1nnc(SCc2ccnc(N(C)C)c2)n1C. The Morgan fingerprint density at radius 1 is 1.12 bits per heavy atom. The lowest BCUT2D eigenvalue weighted by atomic mass is 10.1. The maximum Gasteiger partial charge on any atom is 0.191 e. The second-order valence-electron chi connectivity index (χ2n) is 5.89. The third kappa shape index (κ3) is 3.43. The highest BCUT2D eigenvalue weighted by Crippen LogP contribution is 2.27. The third-order valence-corrected chi connectivity index (χ3v) is 4.95. The summed E-state index contributed by atoms with van der Waals surface area (Å²) in [7, 11) is 6.01. The van der Waals surface area contributed by atoms with Gasteiger partial charge in [-0.2, -0.15) is 0 Å². The van der Waals surface area contributed by atoms with Gasteiger partial charge in [-0.25, -0.2) is 4.98 Å². The number of benzene rings is 1. The second-order valence-corrected chi connectivity index (χ2v) is 6.83. The maximum atomic E-state index is 4.38. The molecule has 0 aliphatic rings. The van der Waals surface area contributed by atoms with E-state index in [2.05, 4.69) is 44.9 Å². The van der Waals surface area contributed by atoms with Crippen LogP contribution in [0.3, 0.4) is 0 Å². The van der Waals surface area contributed by atoms with E-state index < -0.39 is 0 Å². The molecule has 0 saturated carbocycles.